The van der Waals surface area contributed by atoms with Crippen LogP contribution in [0, 0.1) is 12.1 Å². The second-order valence-corrected chi connectivity index (χ2v) is 5.50. The third kappa shape index (κ3) is 3.54. The first kappa shape index (κ1) is 14.5. The van der Waals surface area contributed by atoms with Crippen molar-refractivity contribution in [3.05, 3.63) is 50.9 Å². The molecule has 0 fully saturated rings. The SMILES string of the molecule is CCCc1nc(C)c(C(=O)OCc2ccc[n+]([O-])c2)s1. The summed E-state index contributed by atoms with van der Waals surface area (Å²) < 4.78 is 5.90. The van der Waals surface area contributed by atoms with Gasteiger partial charge in [-0.2, -0.15) is 4.73 Å². The van der Waals surface area contributed by atoms with Crippen LogP contribution in [-0.2, 0) is 17.8 Å². The number of pyridine rings is 1. The zero-order valence-electron chi connectivity index (χ0n) is 11.5. The largest absolute Gasteiger partial charge is 0.619 e. The van der Waals surface area contributed by atoms with Gasteiger partial charge in [0.15, 0.2) is 12.4 Å². The van der Waals surface area contributed by atoms with Crippen molar-refractivity contribution in [3.63, 3.8) is 0 Å². The zero-order valence-corrected chi connectivity index (χ0v) is 12.3. The average molecular weight is 292 g/mol. The molecule has 2 rings (SSSR count). The molecule has 0 aliphatic carbocycles. The van der Waals surface area contributed by atoms with E-state index in [1.54, 1.807) is 19.1 Å². The minimum atomic E-state index is -0.386. The van der Waals surface area contributed by atoms with Gasteiger partial charge in [-0.05, 0) is 25.8 Å². The number of carbonyl (C=O) groups is 1. The fourth-order valence-electron chi connectivity index (χ4n) is 1.76. The minimum absolute atomic E-state index is 0.0857. The molecule has 0 amide bonds. The maximum atomic E-state index is 12.0. The standard InChI is InChI=1S/C14H16N2O3S/c1-3-5-12-15-10(2)13(20-12)14(17)19-9-11-6-4-7-16(18)8-11/h4,6-8H,3,5,9H2,1-2H3. The molecule has 2 heterocycles. The van der Waals surface area contributed by atoms with Crippen molar-refractivity contribution < 1.29 is 14.3 Å². The van der Waals surface area contributed by atoms with E-state index in [4.69, 9.17) is 4.74 Å². The van der Waals surface area contributed by atoms with Crippen molar-refractivity contribution in [2.75, 3.05) is 0 Å². The molecule has 0 atom stereocenters. The molecule has 0 unspecified atom stereocenters. The monoisotopic (exact) mass is 292 g/mol. The summed E-state index contributed by atoms with van der Waals surface area (Å²) in [7, 11) is 0. The van der Waals surface area contributed by atoms with E-state index in [-0.39, 0.29) is 12.6 Å². The highest BCUT2D eigenvalue weighted by Crippen LogP contribution is 2.20. The minimum Gasteiger partial charge on any atom is -0.619 e. The van der Waals surface area contributed by atoms with Gasteiger partial charge in [0.2, 0.25) is 0 Å². The molecule has 6 heteroatoms. The predicted octanol–water partition coefficient (Wildman–Crippen LogP) is 2.39. The lowest BCUT2D eigenvalue weighted by molar-refractivity contribution is -0.606. The zero-order chi connectivity index (χ0) is 14.5. The Bertz CT molecular complexity index is 610. The molecule has 0 aromatic carbocycles. The van der Waals surface area contributed by atoms with Crippen LogP contribution in [0.1, 0.15) is 39.3 Å². The number of aryl methyl sites for hydroxylation is 2. The fourth-order valence-corrected chi connectivity index (χ4v) is 2.82. The maximum absolute atomic E-state index is 12.0. The number of rotatable bonds is 5. The summed E-state index contributed by atoms with van der Waals surface area (Å²) in [5.74, 6) is -0.386. The number of aromatic nitrogens is 2. The first-order valence-electron chi connectivity index (χ1n) is 6.41. The number of thiazole rings is 1. The summed E-state index contributed by atoms with van der Waals surface area (Å²) in [6.07, 6.45) is 4.63. The predicted molar refractivity (Wildman–Crippen MR) is 75.4 cm³/mol. The highest BCUT2D eigenvalue weighted by Gasteiger charge is 2.16. The highest BCUT2D eigenvalue weighted by atomic mass is 32.1. The summed E-state index contributed by atoms with van der Waals surface area (Å²) >= 11 is 1.38. The molecule has 0 N–H and O–H groups in total. The third-order valence-electron chi connectivity index (χ3n) is 2.70. The van der Waals surface area contributed by atoms with Crippen molar-refractivity contribution in [2.24, 2.45) is 0 Å². The fraction of sp³-hybridized carbons (Fsp3) is 0.357. The lowest BCUT2D eigenvalue weighted by atomic mass is 10.3. The molecule has 20 heavy (non-hydrogen) atoms. The van der Waals surface area contributed by atoms with E-state index < -0.39 is 0 Å². The molecule has 5 nitrogen and oxygen atoms in total. The quantitative estimate of drug-likeness (QED) is 0.482. The topological polar surface area (TPSA) is 66.1 Å². The van der Waals surface area contributed by atoms with Crippen LogP contribution in [0.25, 0.3) is 0 Å². The first-order chi connectivity index (χ1) is 9.60. The summed E-state index contributed by atoms with van der Waals surface area (Å²) in [5.41, 5.74) is 1.36. The molecular formula is C14H16N2O3S. The van der Waals surface area contributed by atoms with Gasteiger partial charge in [-0.15, -0.1) is 11.3 Å². The highest BCUT2D eigenvalue weighted by molar-refractivity contribution is 7.13. The molecule has 0 aliphatic heterocycles. The van der Waals surface area contributed by atoms with Crippen molar-refractivity contribution >= 4 is 17.3 Å². The Morgan fingerprint density at radius 2 is 2.35 bits per heavy atom. The second kappa shape index (κ2) is 6.47. The Kier molecular flexibility index (Phi) is 4.68. The molecule has 0 saturated heterocycles. The van der Waals surface area contributed by atoms with E-state index in [2.05, 4.69) is 11.9 Å². The Morgan fingerprint density at radius 1 is 1.55 bits per heavy atom. The van der Waals surface area contributed by atoms with Crippen molar-refractivity contribution in [3.8, 4) is 0 Å². The van der Waals surface area contributed by atoms with Gasteiger partial charge in [0, 0.05) is 6.07 Å². The Balaban J connectivity index is 2.01. The number of hydrogen-bond acceptors (Lipinski definition) is 5. The number of carbonyl (C=O) groups excluding carboxylic acids is 1. The van der Waals surface area contributed by atoms with Crippen LogP contribution in [0.4, 0.5) is 0 Å². The molecule has 2 aromatic rings. The van der Waals surface area contributed by atoms with Crippen molar-refractivity contribution in [1.29, 1.82) is 0 Å². The van der Waals surface area contributed by atoms with E-state index in [9.17, 15) is 10.0 Å². The van der Waals surface area contributed by atoms with Crippen LogP contribution >= 0.6 is 11.3 Å². The van der Waals surface area contributed by atoms with Gasteiger partial charge < -0.3 is 9.94 Å². The van der Waals surface area contributed by atoms with Gasteiger partial charge in [0.25, 0.3) is 0 Å². The first-order valence-corrected chi connectivity index (χ1v) is 7.23. The molecular weight excluding hydrogens is 276 g/mol. The lowest BCUT2D eigenvalue weighted by Crippen LogP contribution is -2.25. The molecule has 0 saturated carbocycles. The van der Waals surface area contributed by atoms with Crippen LogP contribution in [0.15, 0.2) is 24.5 Å². The van der Waals surface area contributed by atoms with E-state index in [0.717, 1.165) is 17.8 Å². The summed E-state index contributed by atoms with van der Waals surface area (Å²) in [5, 5.41) is 12.1. The lowest BCUT2D eigenvalue weighted by Gasteiger charge is -2.03. The number of nitrogens with zero attached hydrogens (tertiary/aromatic N) is 2. The van der Waals surface area contributed by atoms with Crippen molar-refractivity contribution in [2.45, 2.75) is 33.3 Å². The third-order valence-corrected chi connectivity index (χ3v) is 3.89. The van der Waals surface area contributed by atoms with Gasteiger partial charge in [-0.3, -0.25) is 0 Å². The smallest absolute Gasteiger partial charge is 0.350 e. The summed E-state index contributed by atoms with van der Waals surface area (Å²) in [4.78, 5) is 16.9. The molecule has 0 radical (unpaired) electrons. The second-order valence-electron chi connectivity index (χ2n) is 4.42. The molecule has 2 aromatic heterocycles. The van der Waals surface area contributed by atoms with Gasteiger partial charge in [-0.1, -0.05) is 6.92 Å². The van der Waals surface area contributed by atoms with Gasteiger partial charge in [0.1, 0.15) is 11.5 Å². The van der Waals surface area contributed by atoms with Crippen LogP contribution in [0.2, 0.25) is 0 Å². The maximum Gasteiger partial charge on any atom is 0.350 e. The average Bonchev–Trinajstić information content (AvgIpc) is 2.78. The summed E-state index contributed by atoms with van der Waals surface area (Å²) in [6, 6.07) is 3.36. The molecule has 106 valence electrons. The van der Waals surface area contributed by atoms with Gasteiger partial charge in [0.05, 0.1) is 16.3 Å². The van der Waals surface area contributed by atoms with Crippen LogP contribution in [-0.4, -0.2) is 11.0 Å². The summed E-state index contributed by atoms with van der Waals surface area (Å²) in [6.45, 7) is 3.96. The Hall–Kier alpha value is -1.95. The Labute approximate surface area is 121 Å². The number of hydrogen-bond donors (Lipinski definition) is 0. The van der Waals surface area contributed by atoms with Crippen LogP contribution in [0.5, 0.6) is 0 Å². The van der Waals surface area contributed by atoms with E-state index >= 15 is 0 Å². The van der Waals surface area contributed by atoms with Crippen LogP contribution in [0.3, 0.4) is 0 Å². The van der Waals surface area contributed by atoms with E-state index in [1.165, 1.54) is 23.7 Å². The van der Waals surface area contributed by atoms with Crippen molar-refractivity contribution in [1.82, 2.24) is 4.98 Å². The molecule has 0 bridgehead atoms. The molecule has 0 aliphatic rings. The van der Waals surface area contributed by atoms with E-state index in [1.807, 2.05) is 0 Å². The number of esters is 1. The molecule has 0 spiro atoms. The van der Waals surface area contributed by atoms with E-state index in [0.29, 0.717) is 20.9 Å². The van der Waals surface area contributed by atoms with Gasteiger partial charge >= 0.3 is 5.97 Å². The number of ether oxygens (including phenoxy) is 1. The normalized spacial score (nSPS) is 10.5. The van der Waals surface area contributed by atoms with Gasteiger partial charge in [-0.25, -0.2) is 9.78 Å². The van der Waals surface area contributed by atoms with Crippen LogP contribution < -0.4 is 4.73 Å². The Morgan fingerprint density at radius 3 is 3.05 bits per heavy atom.